The van der Waals surface area contributed by atoms with Gasteiger partial charge in [-0.25, -0.2) is 4.98 Å². The first kappa shape index (κ1) is 16.5. The highest BCUT2D eigenvalue weighted by Crippen LogP contribution is 2.36. The second kappa shape index (κ2) is 6.77. The summed E-state index contributed by atoms with van der Waals surface area (Å²) in [6.07, 6.45) is 7.37. The van der Waals surface area contributed by atoms with Crippen LogP contribution in [0.2, 0.25) is 0 Å². The summed E-state index contributed by atoms with van der Waals surface area (Å²) in [5, 5.41) is 16.4. The lowest BCUT2D eigenvalue weighted by Gasteiger charge is -2.43. The number of aliphatic hydroxyl groups is 1. The van der Waals surface area contributed by atoms with E-state index in [2.05, 4.69) is 15.6 Å². The molecule has 0 radical (unpaired) electrons. The highest BCUT2D eigenvalue weighted by molar-refractivity contribution is 6.00. The van der Waals surface area contributed by atoms with E-state index in [0.29, 0.717) is 23.0 Å². The Labute approximate surface area is 147 Å². The van der Waals surface area contributed by atoms with Crippen molar-refractivity contribution in [3.63, 3.8) is 0 Å². The number of hydrogen-bond donors (Lipinski definition) is 3. The maximum absolute atomic E-state index is 13.0. The topological polar surface area (TPSA) is 78.7 Å². The van der Waals surface area contributed by atoms with Gasteiger partial charge in [0.25, 0.3) is 5.91 Å². The lowest BCUT2D eigenvalue weighted by atomic mass is 9.71. The molecule has 1 saturated heterocycles. The third-order valence-electron chi connectivity index (χ3n) is 5.69. The molecule has 0 aromatic carbocycles. The van der Waals surface area contributed by atoms with Crippen LogP contribution in [0.5, 0.6) is 0 Å². The standard InChI is InChI=1S/C19H26N4O2/c1-12-11-23-8-2-3-16(18(23)21-12)19(25)22-17(14-9-15(24)10-14)13-4-6-20-7-5-13/h2-3,8,11,13-15,17,20,24H,4-7,9-10H2,1H3,(H,22,25)/t14?,15?,17-/m1/s1. The summed E-state index contributed by atoms with van der Waals surface area (Å²) in [4.78, 5) is 17.5. The zero-order chi connectivity index (χ0) is 17.4. The first-order chi connectivity index (χ1) is 12.1. The molecular weight excluding hydrogens is 316 g/mol. The molecule has 3 heterocycles. The molecule has 1 amide bonds. The molecule has 2 aliphatic rings. The Kier molecular flexibility index (Phi) is 4.48. The predicted molar refractivity (Wildman–Crippen MR) is 95.5 cm³/mol. The number of hydrogen-bond acceptors (Lipinski definition) is 4. The monoisotopic (exact) mass is 342 g/mol. The minimum atomic E-state index is -0.204. The van der Waals surface area contributed by atoms with Crippen molar-refractivity contribution >= 4 is 11.6 Å². The van der Waals surface area contributed by atoms with Gasteiger partial charge in [-0.2, -0.15) is 0 Å². The first-order valence-electron chi connectivity index (χ1n) is 9.26. The summed E-state index contributed by atoms with van der Waals surface area (Å²) in [5.74, 6) is 0.799. The summed E-state index contributed by atoms with van der Waals surface area (Å²) in [6, 6.07) is 3.86. The van der Waals surface area contributed by atoms with Gasteiger partial charge in [-0.15, -0.1) is 0 Å². The van der Waals surface area contributed by atoms with Gasteiger partial charge < -0.3 is 20.1 Å². The molecule has 0 spiro atoms. The van der Waals surface area contributed by atoms with Gasteiger partial charge in [0.1, 0.15) is 5.65 Å². The molecule has 2 aromatic rings. The van der Waals surface area contributed by atoms with Crippen molar-refractivity contribution in [2.45, 2.75) is 44.8 Å². The van der Waals surface area contributed by atoms with Crippen LogP contribution in [0.15, 0.2) is 24.5 Å². The third kappa shape index (κ3) is 3.28. The Hall–Kier alpha value is -1.92. The van der Waals surface area contributed by atoms with Crippen LogP contribution in [-0.2, 0) is 0 Å². The van der Waals surface area contributed by atoms with Crippen LogP contribution < -0.4 is 10.6 Å². The molecular formula is C19H26N4O2. The number of carbonyl (C=O) groups is 1. The summed E-state index contributed by atoms with van der Waals surface area (Å²) in [7, 11) is 0. The van der Waals surface area contributed by atoms with Crippen LogP contribution in [0.25, 0.3) is 5.65 Å². The lowest BCUT2D eigenvalue weighted by Crippen LogP contribution is -2.52. The van der Waals surface area contributed by atoms with E-state index in [4.69, 9.17) is 0 Å². The fourth-order valence-electron chi connectivity index (χ4n) is 4.29. The molecule has 0 unspecified atom stereocenters. The smallest absolute Gasteiger partial charge is 0.255 e. The number of rotatable bonds is 4. The predicted octanol–water partition coefficient (Wildman–Crippen LogP) is 1.51. The first-order valence-corrected chi connectivity index (χ1v) is 9.26. The number of nitrogens with one attached hydrogen (secondary N) is 2. The second-order valence-electron chi connectivity index (χ2n) is 7.51. The number of piperidine rings is 1. The summed E-state index contributed by atoms with van der Waals surface area (Å²) in [5.41, 5.74) is 2.22. The Bertz CT molecular complexity index is 760. The lowest BCUT2D eigenvalue weighted by molar-refractivity contribution is 0.00920. The highest BCUT2D eigenvalue weighted by Gasteiger charge is 2.39. The van der Waals surface area contributed by atoms with E-state index in [0.717, 1.165) is 44.5 Å². The SMILES string of the molecule is Cc1cn2cccc(C(=O)N[C@H](C3CCNCC3)C3CC(O)C3)c2n1. The number of fused-ring (bicyclic) bond motifs is 1. The van der Waals surface area contributed by atoms with Gasteiger partial charge in [0.2, 0.25) is 0 Å². The molecule has 3 N–H and O–H groups in total. The molecule has 0 bridgehead atoms. The van der Waals surface area contributed by atoms with Crippen LogP contribution >= 0.6 is 0 Å². The molecule has 25 heavy (non-hydrogen) atoms. The maximum atomic E-state index is 13.0. The number of aryl methyl sites for hydroxylation is 1. The van der Waals surface area contributed by atoms with Crippen molar-refractivity contribution in [2.24, 2.45) is 11.8 Å². The average molecular weight is 342 g/mol. The van der Waals surface area contributed by atoms with E-state index in [1.54, 1.807) is 0 Å². The number of aromatic nitrogens is 2. The van der Waals surface area contributed by atoms with E-state index in [1.807, 2.05) is 35.9 Å². The third-order valence-corrected chi connectivity index (χ3v) is 5.69. The maximum Gasteiger partial charge on any atom is 0.255 e. The number of imidazole rings is 1. The van der Waals surface area contributed by atoms with Gasteiger partial charge in [-0.3, -0.25) is 4.79 Å². The van der Waals surface area contributed by atoms with E-state index in [1.165, 1.54) is 0 Å². The van der Waals surface area contributed by atoms with E-state index >= 15 is 0 Å². The molecule has 6 nitrogen and oxygen atoms in total. The molecule has 1 saturated carbocycles. The summed E-state index contributed by atoms with van der Waals surface area (Å²) < 4.78 is 1.90. The van der Waals surface area contributed by atoms with Crippen LogP contribution in [0.4, 0.5) is 0 Å². The Balaban J connectivity index is 1.56. The van der Waals surface area contributed by atoms with Crippen molar-refractivity contribution in [1.82, 2.24) is 20.0 Å². The Morgan fingerprint density at radius 3 is 2.84 bits per heavy atom. The summed E-state index contributed by atoms with van der Waals surface area (Å²) >= 11 is 0. The molecule has 1 aliphatic carbocycles. The highest BCUT2D eigenvalue weighted by atomic mass is 16.3. The Morgan fingerprint density at radius 1 is 1.36 bits per heavy atom. The van der Waals surface area contributed by atoms with Crippen LogP contribution in [0, 0.1) is 18.8 Å². The van der Waals surface area contributed by atoms with E-state index in [9.17, 15) is 9.90 Å². The van der Waals surface area contributed by atoms with Crippen molar-refractivity contribution in [2.75, 3.05) is 13.1 Å². The zero-order valence-corrected chi connectivity index (χ0v) is 14.6. The van der Waals surface area contributed by atoms with Gasteiger partial charge in [0.05, 0.1) is 17.4 Å². The minimum absolute atomic E-state index is 0.0545. The Morgan fingerprint density at radius 2 is 2.12 bits per heavy atom. The minimum Gasteiger partial charge on any atom is -0.393 e. The normalized spacial score (nSPS) is 25.5. The van der Waals surface area contributed by atoms with Crippen molar-refractivity contribution < 1.29 is 9.90 Å². The number of nitrogens with zero attached hydrogens (tertiary/aromatic N) is 2. The fourth-order valence-corrected chi connectivity index (χ4v) is 4.29. The number of aliphatic hydroxyl groups excluding tert-OH is 1. The second-order valence-corrected chi connectivity index (χ2v) is 7.51. The largest absolute Gasteiger partial charge is 0.393 e. The molecule has 1 atom stereocenters. The molecule has 1 aliphatic heterocycles. The average Bonchev–Trinajstić information content (AvgIpc) is 2.98. The van der Waals surface area contributed by atoms with E-state index in [-0.39, 0.29) is 18.1 Å². The fraction of sp³-hybridized carbons (Fsp3) is 0.579. The quantitative estimate of drug-likeness (QED) is 0.787. The number of amides is 1. The van der Waals surface area contributed by atoms with Gasteiger partial charge in [0, 0.05) is 18.4 Å². The number of pyridine rings is 1. The number of carbonyl (C=O) groups excluding carboxylic acids is 1. The molecule has 6 heteroatoms. The molecule has 4 rings (SSSR count). The zero-order valence-electron chi connectivity index (χ0n) is 14.6. The van der Waals surface area contributed by atoms with Gasteiger partial charge in [-0.05, 0) is 69.7 Å². The summed E-state index contributed by atoms with van der Waals surface area (Å²) in [6.45, 7) is 3.94. The van der Waals surface area contributed by atoms with Crippen molar-refractivity contribution in [3.8, 4) is 0 Å². The molecule has 2 fully saturated rings. The van der Waals surface area contributed by atoms with Crippen molar-refractivity contribution in [3.05, 3.63) is 35.8 Å². The van der Waals surface area contributed by atoms with Crippen molar-refractivity contribution in [1.29, 1.82) is 0 Å². The van der Waals surface area contributed by atoms with Crippen LogP contribution in [0.3, 0.4) is 0 Å². The van der Waals surface area contributed by atoms with Crippen LogP contribution in [-0.4, -0.2) is 45.6 Å². The van der Waals surface area contributed by atoms with E-state index < -0.39 is 0 Å². The van der Waals surface area contributed by atoms with Gasteiger partial charge in [-0.1, -0.05) is 0 Å². The molecule has 134 valence electrons. The van der Waals surface area contributed by atoms with Crippen LogP contribution in [0.1, 0.15) is 41.7 Å². The van der Waals surface area contributed by atoms with Gasteiger partial charge in [0.15, 0.2) is 0 Å². The molecule has 2 aromatic heterocycles. The van der Waals surface area contributed by atoms with Gasteiger partial charge >= 0.3 is 0 Å².